The quantitative estimate of drug-likeness (QED) is 0.417. The molecule has 4 aromatic rings. The van der Waals surface area contributed by atoms with Crippen molar-refractivity contribution in [3.05, 3.63) is 118 Å². The second-order valence-corrected chi connectivity index (χ2v) is 8.46. The summed E-state index contributed by atoms with van der Waals surface area (Å²) in [6.07, 6.45) is 2.02. The smallest absolute Gasteiger partial charge is 0.260 e. The number of aryl methyl sites for hydroxylation is 1. The topological polar surface area (TPSA) is 54.3 Å². The molecule has 164 valence electrons. The van der Waals surface area contributed by atoms with Crippen LogP contribution < -0.4 is 10.2 Å². The van der Waals surface area contributed by atoms with Gasteiger partial charge >= 0.3 is 0 Å². The van der Waals surface area contributed by atoms with Crippen molar-refractivity contribution in [1.82, 2.24) is 4.57 Å². The van der Waals surface area contributed by atoms with Gasteiger partial charge < -0.3 is 14.8 Å². The number of halogens is 1. The maximum Gasteiger partial charge on any atom is 0.260 e. The van der Waals surface area contributed by atoms with E-state index in [4.69, 9.17) is 11.6 Å². The number of nitrogens with one attached hydrogen (secondary N) is 1. The van der Waals surface area contributed by atoms with E-state index >= 15 is 0 Å². The Morgan fingerprint density at radius 1 is 0.848 bits per heavy atom. The average Bonchev–Trinajstić information content (AvgIpc) is 3.19. The summed E-state index contributed by atoms with van der Waals surface area (Å²) in [5.74, 6) is -0.480. The number of hydrogen-bond acceptors (Lipinski definition) is 2. The molecule has 1 aromatic heterocycles. The van der Waals surface area contributed by atoms with Crippen LogP contribution in [0.5, 0.6) is 0 Å². The summed E-state index contributed by atoms with van der Waals surface area (Å²) in [6.45, 7) is 3.00. The highest BCUT2D eigenvalue weighted by atomic mass is 35.5. The lowest BCUT2D eigenvalue weighted by atomic mass is 10.1. The lowest BCUT2D eigenvalue weighted by molar-refractivity contribution is 0.0982. The molecule has 5 rings (SSSR count). The summed E-state index contributed by atoms with van der Waals surface area (Å²) in [5, 5.41) is 3.09. The predicted octanol–water partition coefficient (Wildman–Crippen LogP) is 5.91. The molecule has 0 unspecified atom stereocenters. The van der Waals surface area contributed by atoms with Crippen LogP contribution in [0.15, 0.2) is 85.1 Å². The zero-order chi connectivity index (χ0) is 22.9. The fraction of sp³-hybridized carbons (Fsp3) is 0.111. The molecule has 0 atom stereocenters. The van der Waals surface area contributed by atoms with Crippen molar-refractivity contribution in [3.8, 4) is 0 Å². The molecule has 0 spiro atoms. The standard InChI is InChI=1S/C27H22ClN3O2/c1-18-8-2-4-11-21(18)26(32)29-23-13-6-12-22(25(23)28)27(33)31-17-20-10-7-15-30(20)16-19-9-3-5-14-24(19)31/h2-15H,16-17H2,1H3,(H,29,32). The molecule has 2 amide bonds. The molecule has 0 saturated heterocycles. The maximum absolute atomic E-state index is 13.7. The number of rotatable bonds is 3. The van der Waals surface area contributed by atoms with Gasteiger partial charge in [-0.15, -0.1) is 0 Å². The third kappa shape index (κ3) is 3.92. The van der Waals surface area contributed by atoms with E-state index in [2.05, 4.69) is 9.88 Å². The van der Waals surface area contributed by atoms with Crippen LogP contribution in [0.1, 0.15) is 37.5 Å². The van der Waals surface area contributed by atoms with Crippen molar-refractivity contribution in [1.29, 1.82) is 0 Å². The molecule has 1 aliphatic heterocycles. The molecule has 0 radical (unpaired) electrons. The molecule has 33 heavy (non-hydrogen) atoms. The predicted molar refractivity (Wildman–Crippen MR) is 131 cm³/mol. The number of fused-ring (bicyclic) bond motifs is 2. The molecule has 6 heteroatoms. The monoisotopic (exact) mass is 455 g/mol. The number of carbonyl (C=O) groups excluding carboxylic acids is 2. The first-order valence-corrected chi connectivity index (χ1v) is 11.1. The highest BCUT2D eigenvalue weighted by molar-refractivity contribution is 6.37. The normalized spacial score (nSPS) is 12.5. The van der Waals surface area contributed by atoms with Crippen LogP contribution in [0.25, 0.3) is 0 Å². The van der Waals surface area contributed by atoms with Crippen LogP contribution in [0.2, 0.25) is 5.02 Å². The van der Waals surface area contributed by atoms with E-state index in [9.17, 15) is 9.59 Å². The molecule has 0 saturated carbocycles. The Hall–Kier alpha value is -3.83. The number of hydrogen-bond donors (Lipinski definition) is 1. The highest BCUT2D eigenvalue weighted by Gasteiger charge is 2.27. The van der Waals surface area contributed by atoms with Gasteiger partial charge in [-0.2, -0.15) is 0 Å². The Morgan fingerprint density at radius 3 is 2.45 bits per heavy atom. The van der Waals surface area contributed by atoms with E-state index in [1.54, 1.807) is 29.2 Å². The number of carbonyl (C=O) groups is 2. The largest absolute Gasteiger partial charge is 0.345 e. The lowest BCUT2D eigenvalue weighted by Gasteiger charge is -2.23. The fourth-order valence-electron chi connectivity index (χ4n) is 4.22. The van der Waals surface area contributed by atoms with Crippen molar-refractivity contribution < 1.29 is 9.59 Å². The zero-order valence-electron chi connectivity index (χ0n) is 18.1. The third-order valence-electron chi connectivity index (χ3n) is 5.98. The van der Waals surface area contributed by atoms with Gasteiger partial charge in [-0.25, -0.2) is 0 Å². The second kappa shape index (κ2) is 8.60. The number of amides is 2. The van der Waals surface area contributed by atoms with Crippen LogP contribution in [0.4, 0.5) is 11.4 Å². The first-order valence-electron chi connectivity index (χ1n) is 10.7. The van der Waals surface area contributed by atoms with Gasteiger partial charge in [0.05, 0.1) is 22.8 Å². The summed E-state index contributed by atoms with van der Waals surface area (Å²) in [4.78, 5) is 28.3. The van der Waals surface area contributed by atoms with Crippen molar-refractivity contribution in [2.24, 2.45) is 0 Å². The minimum atomic E-state index is -0.266. The third-order valence-corrected chi connectivity index (χ3v) is 6.39. The Labute approximate surface area is 197 Å². The van der Waals surface area contributed by atoms with E-state index in [1.165, 1.54) is 0 Å². The van der Waals surface area contributed by atoms with Gasteiger partial charge in [0.1, 0.15) is 0 Å². The first-order chi connectivity index (χ1) is 16.0. The number of para-hydroxylation sites is 1. The van der Waals surface area contributed by atoms with E-state index in [0.717, 1.165) is 22.5 Å². The van der Waals surface area contributed by atoms with Gasteiger partial charge in [0.2, 0.25) is 0 Å². The van der Waals surface area contributed by atoms with Crippen LogP contribution in [-0.2, 0) is 13.1 Å². The summed E-state index contributed by atoms with van der Waals surface area (Å²) >= 11 is 6.67. The van der Waals surface area contributed by atoms with Crippen molar-refractivity contribution >= 4 is 34.8 Å². The summed E-state index contributed by atoms with van der Waals surface area (Å²) in [7, 11) is 0. The fourth-order valence-corrected chi connectivity index (χ4v) is 4.48. The van der Waals surface area contributed by atoms with Gasteiger partial charge in [-0.3, -0.25) is 9.59 Å². The first kappa shape index (κ1) is 21.0. The summed E-state index contributed by atoms with van der Waals surface area (Å²) in [5.41, 5.74) is 5.13. The Balaban J connectivity index is 1.50. The zero-order valence-corrected chi connectivity index (χ0v) is 18.8. The molecular formula is C27H22ClN3O2. The molecule has 0 bridgehead atoms. The van der Waals surface area contributed by atoms with E-state index in [1.807, 2.05) is 67.7 Å². The molecule has 1 N–H and O–H groups in total. The van der Waals surface area contributed by atoms with Gasteiger partial charge in [-0.05, 0) is 54.4 Å². The van der Waals surface area contributed by atoms with E-state index < -0.39 is 0 Å². The van der Waals surface area contributed by atoms with Gasteiger partial charge in [-0.1, -0.05) is 54.1 Å². The minimum absolute atomic E-state index is 0.214. The molecule has 5 nitrogen and oxygen atoms in total. The van der Waals surface area contributed by atoms with Crippen molar-refractivity contribution in [3.63, 3.8) is 0 Å². The Morgan fingerprint density at radius 2 is 1.61 bits per heavy atom. The maximum atomic E-state index is 13.7. The Kier molecular flexibility index (Phi) is 5.48. The van der Waals surface area contributed by atoms with Crippen LogP contribution in [0, 0.1) is 6.92 Å². The number of benzene rings is 3. The number of anilines is 2. The van der Waals surface area contributed by atoms with Crippen LogP contribution in [-0.4, -0.2) is 16.4 Å². The summed E-state index contributed by atoms with van der Waals surface area (Å²) < 4.78 is 2.15. The SMILES string of the molecule is Cc1ccccc1C(=O)Nc1cccc(C(=O)N2Cc3cccn3Cc3ccccc32)c1Cl. The van der Waals surface area contributed by atoms with Crippen molar-refractivity contribution in [2.75, 3.05) is 10.2 Å². The van der Waals surface area contributed by atoms with E-state index in [-0.39, 0.29) is 16.8 Å². The molecule has 3 aromatic carbocycles. The lowest BCUT2D eigenvalue weighted by Crippen LogP contribution is -2.31. The molecule has 1 aliphatic rings. The van der Waals surface area contributed by atoms with Crippen molar-refractivity contribution in [2.45, 2.75) is 20.0 Å². The average molecular weight is 456 g/mol. The second-order valence-electron chi connectivity index (χ2n) is 8.08. The number of aromatic nitrogens is 1. The van der Waals surface area contributed by atoms with Crippen LogP contribution in [0.3, 0.4) is 0 Å². The Bertz CT molecular complexity index is 1380. The molecule has 2 heterocycles. The van der Waals surface area contributed by atoms with Gasteiger partial charge in [0.15, 0.2) is 0 Å². The molecule has 0 aliphatic carbocycles. The van der Waals surface area contributed by atoms with Gasteiger partial charge in [0.25, 0.3) is 11.8 Å². The minimum Gasteiger partial charge on any atom is -0.345 e. The number of nitrogens with zero attached hydrogens (tertiary/aromatic N) is 2. The molecule has 0 fully saturated rings. The van der Waals surface area contributed by atoms with Crippen LogP contribution >= 0.6 is 11.6 Å². The van der Waals surface area contributed by atoms with E-state index in [0.29, 0.717) is 29.9 Å². The summed E-state index contributed by atoms with van der Waals surface area (Å²) in [6, 6.07) is 24.4. The van der Waals surface area contributed by atoms with Gasteiger partial charge in [0, 0.05) is 29.7 Å². The highest BCUT2D eigenvalue weighted by Crippen LogP contribution is 2.33. The molecular weight excluding hydrogens is 434 g/mol.